The predicted molar refractivity (Wildman–Crippen MR) is 133 cm³/mol. The normalized spacial score (nSPS) is 15.6. The van der Waals surface area contributed by atoms with Crippen LogP contribution in [0.4, 0.5) is 9.59 Å². The second kappa shape index (κ2) is 13.8. The number of carbonyl (C=O) groups excluding carboxylic acids is 2. The van der Waals surface area contributed by atoms with Crippen LogP contribution in [0.25, 0.3) is 0 Å². The van der Waals surface area contributed by atoms with Gasteiger partial charge in [-0.2, -0.15) is 0 Å². The first-order valence-electron chi connectivity index (χ1n) is 10.5. The Balaban J connectivity index is 0.00000900. The van der Waals surface area contributed by atoms with Crippen LogP contribution in [0.15, 0.2) is 4.99 Å². The van der Waals surface area contributed by atoms with Gasteiger partial charge in [-0.3, -0.25) is 9.89 Å². The SMILES string of the molecule is CN=C(NCCNC(=O)OC(C)(C)C)NCCN1CCN(C(=O)OC(C)(C)C)CC1.I. The lowest BCUT2D eigenvalue weighted by molar-refractivity contribution is 0.0147. The van der Waals surface area contributed by atoms with E-state index in [4.69, 9.17) is 9.47 Å². The maximum Gasteiger partial charge on any atom is 0.410 e. The molecule has 1 fully saturated rings. The van der Waals surface area contributed by atoms with Crippen molar-refractivity contribution in [2.24, 2.45) is 4.99 Å². The molecule has 182 valence electrons. The minimum absolute atomic E-state index is 0. The first-order valence-corrected chi connectivity index (χ1v) is 10.5. The molecular formula is C20H41IN6O4. The molecule has 0 saturated carbocycles. The van der Waals surface area contributed by atoms with Crippen molar-refractivity contribution in [1.82, 2.24) is 25.8 Å². The zero-order valence-corrected chi connectivity index (χ0v) is 22.4. The lowest BCUT2D eigenvalue weighted by atomic mass is 10.2. The lowest BCUT2D eigenvalue weighted by Crippen LogP contribution is -2.52. The first kappa shape index (κ1) is 29.5. The molecule has 0 aromatic rings. The largest absolute Gasteiger partial charge is 0.444 e. The molecule has 1 aliphatic rings. The third kappa shape index (κ3) is 14.2. The fourth-order valence-corrected chi connectivity index (χ4v) is 2.69. The maximum atomic E-state index is 12.1. The Kier molecular flexibility index (Phi) is 13.1. The molecule has 0 aliphatic carbocycles. The Bertz CT molecular complexity index is 581. The Morgan fingerprint density at radius 3 is 1.87 bits per heavy atom. The number of rotatable bonds is 6. The lowest BCUT2D eigenvalue weighted by Gasteiger charge is -2.35. The van der Waals surface area contributed by atoms with Gasteiger partial charge in [0.2, 0.25) is 0 Å². The number of guanidine groups is 1. The number of aliphatic imine (C=N–C) groups is 1. The Morgan fingerprint density at radius 2 is 1.35 bits per heavy atom. The second-order valence-electron chi connectivity index (χ2n) is 9.16. The number of amides is 2. The van der Waals surface area contributed by atoms with Crippen molar-refractivity contribution < 1.29 is 19.1 Å². The van der Waals surface area contributed by atoms with Gasteiger partial charge < -0.3 is 30.3 Å². The Labute approximate surface area is 203 Å². The van der Waals surface area contributed by atoms with E-state index in [0.717, 1.165) is 26.2 Å². The molecule has 1 aliphatic heterocycles. The second-order valence-corrected chi connectivity index (χ2v) is 9.16. The van der Waals surface area contributed by atoms with Gasteiger partial charge in [-0.05, 0) is 41.5 Å². The first-order chi connectivity index (χ1) is 13.9. The van der Waals surface area contributed by atoms with Crippen LogP contribution < -0.4 is 16.0 Å². The van der Waals surface area contributed by atoms with Gasteiger partial charge in [-0.15, -0.1) is 24.0 Å². The number of alkyl carbamates (subject to hydrolysis) is 1. The minimum atomic E-state index is -0.506. The Morgan fingerprint density at radius 1 is 0.839 bits per heavy atom. The minimum Gasteiger partial charge on any atom is -0.444 e. The number of nitrogens with zero attached hydrogens (tertiary/aromatic N) is 3. The monoisotopic (exact) mass is 556 g/mol. The highest BCUT2D eigenvalue weighted by atomic mass is 127. The van der Waals surface area contributed by atoms with E-state index in [-0.39, 0.29) is 30.1 Å². The molecule has 0 atom stereocenters. The summed E-state index contributed by atoms with van der Waals surface area (Å²) in [6, 6.07) is 0. The van der Waals surface area contributed by atoms with Gasteiger partial charge in [0.05, 0.1) is 0 Å². The number of piperazine rings is 1. The summed E-state index contributed by atoms with van der Waals surface area (Å²) in [7, 11) is 1.70. The zero-order chi connectivity index (χ0) is 22.8. The van der Waals surface area contributed by atoms with Crippen molar-refractivity contribution in [3.8, 4) is 0 Å². The van der Waals surface area contributed by atoms with E-state index in [2.05, 4.69) is 25.8 Å². The van der Waals surface area contributed by atoms with E-state index < -0.39 is 17.3 Å². The van der Waals surface area contributed by atoms with Gasteiger partial charge in [0.15, 0.2) is 5.96 Å². The number of carbonyl (C=O) groups is 2. The maximum absolute atomic E-state index is 12.1. The molecule has 0 unspecified atom stereocenters. The van der Waals surface area contributed by atoms with Crippen LogP contribution in [0.3, 0.4) is 0 Å². The molecule has 0 spiro atoms. The quantitative estimate of drug-likeness (QED) is 0.198. The summed E-state index contributed by atoms with van der Waals surface area (Å²) < 4.78 is 10.6. The van der Waals surface area contributed by atoms with Crippen LogP contribution in [-0.4, -0.2) is 98.6 Å². The van der Waals surface area contributed by atoms with Crippen molar-refractivity contribution in [1.29, 1.82) is 0 Å². The van der Waals surface area contributed by atoms with Gasteiger partial charge in [-0.1, -0.05) is 0 Å². The summed E-state index contributed by atoms with van der Waals surface area (Å²) in [6.45, 7) is 16.6. The van der Waals surface area contributed by atoms with E-state index >= 15 is 0 Å². The molecule has 2 amide bonds. The number of ether oxygens (including phenoxy) is 2. The van der Waals surface area contributed by atoms with Gasteiger partial charge in [-0.25, -0.2) is 9.59 Å². The summed E-state index contributed by atoms with van der Waals surface area (Å²) >= 11 is 0. The summed E-state index contributed by atoms with van der Waals surface area (Å²) in [5, 5.41) is 9.10. The van der Waals surface area contributed by atoms with Crippen LogP contribution in [-0.2, 0) is 9.47 Å². The molecule has 1 saturated heterocycles. The van der Waals surface area contributed by atoms with Crippen LogP contribution >= 0.6 is 24.0 Å². The van der Waals surface area contributed by atoms with E-state index in [1.165, 1.54) is 0 Å². The van der Waals surface area contributed by atoms with Crippen molar-refractivity contribution >= 4 is 42.1 Å². The number of halogens is 1. The average Bonchev–Trinajstić information content (AvgIpc) is 2.61. The van der Waals surface area contributed by atoms with Crippen molar-refractivity contribution in [2.45, 2.75) is 52.7 Å². The van der Waals surface area contributed by atoms with Crippen LogP contribution in [0.5, 0.6) is 0 Å². The third-order valence-corrected chi connectivity index (χ3v) is 4.05. The molecule has 0 aromatic heterocycles. The Hall–Kier alpha value is -1.50. The number of hydrogen-bond acceptors (Lipinski definition) is 6. The third-order valence-electron chi connectivity index (χ3n) is 4.05. The number of nitrogens with one attached hydrogen (secondary N) is 3. The molecular weight excluding hydrogens is 515 g/mol. The smallest absolute Gasteiger partial charge is 0.410 e. The van der Waals surface area contributed by atoms with Gasteiger partial charge in [0, 0.05) is 59.4 Å². The van der Waals surface area contributed by atoms with E-state index in [9.17, 15) is 9.59 Å². The fraction of sp³-hybridized carbons (Fsp3) is 0.850. The number of hydrogen-bond donors (Lipinski definition) is 3. The van der Waals surface area contributed by atoms with Crippen molar-refractivity contribution in [3.63, 3.8) is 0 Å². The van der Waals surface area contributed by atoms with Gasteiger partial charge >= 0.3 is 12.2 Å². The predicted octanol–water partition coefficient (Wildman–Crippen LogP) is 1.85. The molecule has 0 radical (unpaired) electrons. The van der Waals surface area contributed by atoms with E-state index in [1.54, 1.807) is 11.9 Å². The average molecular weight is 556 g/mol. The highest BCUT2D eigenvalue weighted by molar-refractivity contribution is 14.0. The van der Waals surface area contributed by atoms with Gasteiger partial charge in [0.25, 0.3) is 0 Å². The zero-order valence-electron chi connectivity index (χ0n) is 20.0. The molecule has 31 heavy (non-hydrogen) atoms. The molecule has 0 aromatic carbocycles. The van der Waals surface area contributed by atoms with Gasteiger partial charge in [0.1, 0.15) is 11.2 Å². The molecule has 10 nitrogen and oxygen atoms in total. The van der Waals surface area contributed by atoms with Crippen LogP contribution in [0.2, 0.25) is 0 Å². The highest BCUT2D eigenvalue weighted by Gasteiger charge is 2.25. The van der Waals surface area contributed by atoms with E-state index in [0.29, 0.717) is 32.1 Å². The molecule has 0 bridgehead atoms. The standard InChI is InChI=1S/C20H40N6O4.HI/c1-19(2,3)29-17(27)24-9-8-22-16(21-7)23-10-11-25-12-14-26(15-13-25)18(28)30-20(4,5)6;/h8-15H2,1-7H3,(H,24,27)(H2,21,22,23);1H. The molecule has 3 N–H and O–H groups in total. The summed E-state index contributed by atoms with van der Waals surface area (Å²) in [4.78, 5) is 32.0. The highest BCUT2D eigenvalue weighted by Crippen LogP contribution is 2.11. The molecule has 1 rings (SSSR count). The van der Waals surface area contributed by atoms with E-state index in [1.807, 2.05) is 41.5 Å². The van der Waals surface area contributed by atoms with Crippen LogP contribution in [0.1, 0.15) is 41.5 Å². The van der Waals surface area contributed by atoms with Crippen molar-refractivity contribution in [2.75, 3.05) is 59.4 Å². The van der Waals surface area contributed by atoms with Crippen LogP contribution in [0, 0.1) is 0 Å². The van der Waals surface area contributed by atoms with Crippen molar-refractivity contribution in [3.05, 3.63) is 0 Å². The molecule has 11 heteroatoms. The summed E-state index contributed by atoms with van der Waals surface area (Å²) in [6.07, 6.45) is -0.678. The fourth-order valence-electron chi connectivity index (χ4n) is 2.69. The molecule has 1 heterocycles. The summed E-state index contributed by atoms with van der Waals surface area (Å²) in [5.41, 5.74) is -0.975. The topological polar surface area (TPSA) is 108 Å². The summed E-state index contributed by atoms with van der Waals surface area (Å²) in [5.74, 6) is 0.674.